The van der Waals surface area contributed by atoms with Gasteiger partial charge in [0, 0.05) is 30.9 Å². The molecule has 3 N–H and O–H groups in total. The molecule has 1 aliphatic rings. The van der Waals surface area contributed by atoms with Crippen LogP contribution in [0.25, 0.3) is 11.1 Å². The third kappa shape index (κ3) is 6.86. The Kier molecular flexibility index (Phi) is 8.14. The molecule has 0 aliphatic carbocycles. The van der Waals surface area contributed by atoms with Crippen LogP contribution in [0.15, 0.2) is 42.7 Å². The van der Waals surface area contributed by atoms with Crippen LogP contribution in [0.4, 0.5) is 13.6 Å². The van der Waals surface area contributed by atoms with Crippen molar-refractivity contribution in [1.29, 1.82) is 5.26 Å². The largest absolute Gasteiger partial charge is 0.494 e. The maximum atomic E-state index is 13.6. The van der Waals surface area contributed by atoms with Crippen molar-refractivity contribution in [3.63, 3.8) is 0 Å². The number of carbonyl (C=O) groups is 3. The fraction of sp³-hybridized carbons (Fsp3) is 0.348. The summed E-state index contributed by atoms with van der Waals surface area (Å²) in [5.41, 5.74) is 1.36. The first kappa shape index (κ1) is 25.4. The van der Waals surface area contributed by atoms with Crippen molar-refractivity contribution in [3.8, 4) is 22.9 Å². The monoisotopic (exact) mass is 487 g/mol. The summed E-state index contributed by atoms with van der Waals surface area (Å²) >= 11 is 0. The van der Waals surface area contributed by atoms with Crippen LogP contribution in [0.2, 0.25) is 0 Å². The summed E-state index contributed by atoms with van der Waals surface area (Å²) in [7, 11) is 0. The lowest BCUT2D eigenvalue weighted by atomic mass is 10.0. The zero-order valence-corrected chi connectivity index (χ0v) is 18.5. The van der Waals surface area contributed by atoms with Crippen molar-refractivity contribution < 1.29 is 33.0 Å². The average Bonchev–Trinajstić information content (AvgIpc) is 3.17. The van der Waals surface area contributed by atoms with Gasteiger partial charge in [-0.3, -0.25) is 14.6 Å². The minimum Gasteiger partial charge on any atom is -0.494 e. The highest BCUT2D eigenvalue weighted by Gasteiger charge is 2.47. The Morgan fingerprint density at radius 1 is 1.23 bits per heavy atom. The van der Waals surface area contributed by atoms with Crippen LogP contribution in [0.1, 0.15) is 23.2 Å². The Balaban J connectivity index is 1.60. The minimum atomic E-state index is -3.14. The fourth-order valence-corrected chi connectivity index (χ4v) is 3.56. The van der Waals surface area contributed by atoms with E-state index in [1.54, 1.807) is 30.3 Å². The van der Waals surface area contributed by atoms with Crippen LogP contribution in [0, 0.1) is 11.3 Å². The number of pyridine rings is 1. The molecule has 1 atom stereocenters. The number of benzene rings is 1. The number of hydrogen-bond donors (Lipinski definition) is 3. The topological polar surface area (TPSA) is 145 Å². The standard InChI is InChI=1S/C23H23F2N5O5/c24-23(25)10-16(11-26)30(14-23)20(31)13-29-21(32)18-6-8-27-12-19(18)15-2-4-17(5-3-15)35-9-1-7-28-22(33)34/h2-6,8,12,16,28H,1,7,9-10,13-14H2,(H,29,32)(H,33,34)/t16-/m0/s1. The summed E-state index contributed by atoms with van der Waals surface area (Å²) in [6.07, 6.45) is 1.56. The van der Waals surface area contributed by atoms with E-state index in [9.17, 15) is 23.2 Å². The third-order valence-corrected chi connectivity index (χ3v) is 5.24. The number of alkyl halides is 2. The number of likely N-dealkylation sites (tertiary alicyclic amines) is 1. The van der Waals surface area contributed by atoms with Gasteiger partial charge in [-0.25, -0.2) is 13.6 Å². The van der Waals surface area contributed by atoms with E-state index in [4.69, 9.17) is 15.1 Å². The maximum absolute atomic E-state index is 13.6. The van der Waals surface area contributed by atoms with Gasteiger partial charge in [0.25, 0.3) is 11.8 Å². The molecule has 3 rings (SSSR count). The molecule has 0 bridgehead atoms. The van der Waals surface area contributed by atoms with Crippen LogP contribution >= 0.6 is 0 Å². The van der Waals surface area contributed by atoms with Gasteiger partial charge in [-0.1, -0.05) is 12.1 Å². The summed E-state index contributed by atoms with van der Waals surface area (Å²) in [6, 6.07) is 8.74. The summed E-state index contributed by atoms with van der Waals surface area (Å²) in [4.78, 5) is 40.4. The Labute approximate surface area is 199 Å². The number of halogens is 2. The maximum Gasteiger partial charge on any atom is 0.404 e. The molecule has 0 spiro atoms. The molecule has 0 unspecified atom stereocenters. The number of rotatable bonds is 9. The Morgan fingerprint density at radius 2 is 1.97 bits per heavy atom. The van der Waals surface area contributed by atoms with Crippen molar-refractivity contribution in [2.75, 3.05) is 26.2 Å². The molecule has 0 saturated carbocycles. The molecule has 1 fully saturated rings. The van der Waals surface area contributed by atoms with Crippen molar-refractivity contribution in [1.82, 2.24) is 20.5 Å². The summed E-state index contributed by atoms with van der Waals surface area (Å²) in [6.45, 7) is -0.811. The van der Waals surface area contributed by atoms with Crippen LogP contribution in [0.3, 0.4) is 0 Å². The molecule has 35 heavy (non-hydrogen) atoms. The summed E-state index contributed by atoms with van der Waals surface area (Å²) in [5.74, 6) is -3.94. The van der Waals surface area contributed by atoms with E-state index in [2.05, 4.69) is 15.6 Å². The second kappa shape index (κ2) is 11.2. The van der Waals surface area contributed by atoms with Gasteiger partial charge in [0.05, 0.1) is 31.3 Å². The smallest absolute Gasteiger partial charge is 0.404 e. The zero-order chi connectivity index (χ0) is 25.4. The van der Waals surface area contributed by atoms with Crippen LogP contribution in [0.5, 0.6) is 5.75 Å². The van der Waals surface area contributed by atoms with E-state index < -0.39 is 49.4 Å². The van der Waals surface area contributed by atoms with Gasteiger partial charge in [0.1, 0.15) is 11.8 Å². The first-order valence-electron chi connectivity index (χ1n) is 10.7. The summed E-state index contributed by atoms with van der Waals surface area (Å²) in [5, 5.41) is 22.3. The van der Waals surface area contributed by atoms with Crippen molar-refractivity contribution in [2.45, 2.75) is 24.8 Å². The number of carboxylic acid groups (broad SMARTS) is 1. The van der Waals surface area contributed by atoms with Crippen molar-refractivity contribution >= 4 is 17.9 Å². The molecule has 184 valence electrons. The van der Waals surface area contributed by atoms with E-state index in [1.165, 1.54) is 18.5 Å². The number of hydrogen-bond acceptors (Lipinski definition) is 6. The number of nitriles is 1. The van der Waals surface area contributed by atoms with Gasteiger partial charge in [-0.2, -0.15) is 5.26 Å². The molecule has 1 aromatic heterocycles. The molecular weight excluding hydrogens is 464 g/mol. The van der Waals surface area contributed by atoms with Crippen molar-refractivity contribution in [2.24, 2.45) is 0 Å². The lowest BCUT2D eigenvalue weighted by Crippen LogP contribution is -2.43. The predicted molar refractivity (Wildman–Crippen MR) is 119 cm³/mol. The number of nitrogens with one attached hydrogen (secondary N) is 2. The van der Waals surface area contributed by atoms with E-state index in [0.29, 0.717) is 29.9 Å². The van der Waals surface area contributed by atoms with E-state index in [0.717, 1.165) is 4.90 Å². The van der Waals surface area contributed by atoms with E-state index in [-0.39, 0.29) is 12.1 Å². The third-order valence-electron chi connectivity index (χ3n) is 5.24. The highest BCUT2D eigenvalue weighted by Crippen LogP contribution is 2.31. The first-order valence-corrected chi connectivity index (χ1v) is 10.7. The number of amides is 3. The van der Waals surface area contributed by atoms with Gasteiger partial charge in [0.2, 0.25) is 5.91 Å². The van der Waals surface area contributed by atoms with Gasteiger partial charge >= 0.3 is 6.09 Å². The van der Waals surface area contributed by atoms with Crippen LogP contribution in [-0.4, -0.2) is 71.1 Å². The zero-order valence-electron chi connectivity index (χ0n) is 18.5. The van der Waals surface area contributed by atoms with Gasteiger partial charge < -0.3 is 25.4 Å². The van der Waals surface area contributed by atoms with Crippen LogP contribution in [-0.2, 0) is 4.79 Å². The molecule has 1 aromatic carbocycles. The van der Waals surface area contributed by atoms with Gasteiger partial charge in [0.15, 0.2) is 0 Å². The van der Waals surface area contributed by atoms with Crippen molar-refractivity contribution in [3.05, 3.63) is 48.3 Å². The first-order chi connectivity index (χ1) is 16.7. The average molecular weight is 487 g/mol. The summed E-state index contributed by atoms with van der Waals surface area (Å²) < 4.78 is 32.7. The lowest BCUT2D eigenvalue weighted by Gasteiger charge is -2.19. The highest BCUT2D eigenvalue weighted by molar-refractivity contribution is 6.02. The van der Waals surface area contributed by atoms with Gasteiger partial charge in [-0.15, -0.1) is 0 Å². The minimum absolute atomic E-state index is 0.227. The second-order valence-corrected chi connectivity index (χ2v) is 7.79. The van der Waals surface area contributed by atoms with Crippen LogP contribution < -0.4 is 15.4 Å². The molecule has 3 amide bonds. The molecule has 0 radical (unpaired) electrons. The molecule has 2 aromatic rings. The Bertz CT molecular complexity index is 1120. The highest BCUT2D eigenvalue weighted by atomic mass is 19.3. The lowest BCUT2D eigenvalue weighted by molar-refractivity contribution is -0.131. The van der Waals surface area contributed by atoms with E-state index in [1.807, 2.05) is 0 Å². The quantitative estimate of drug-likeness (QED) is 0.460. The molecule has 10 nitrogen and oxygen atoms in total. The number of carbonyl (C=O) groups excluding carboxylic acids is 2. The number of aromatic nitrogens is 1. The predicted octanol–water partition coefficient (Wildman–Crippen LogP) is 2.27. The second-order valence-electron chi connectivity index (χ2n) is 7.79. The number of ether oxygens (including phenoxy) is 1. The van der Waals surface area contributed by atoms with Gasteiger partial charge in [-0.05, 0) is 30.2 Å². The molecular formula is C23H23F2N5O5. The normalized spacial score (nSPS) is 16.3. The SMILES string of the molecule is N#C[C@@H]1CC(F)(F)CN1C(=O)CNC(=O)c1ccncc1-c1ccc(OCCCNC(=O)O)cc1. The van der Waals surface area contributed by atoms with E-state index >= 15 is 0 Å². The Morgan fingerprint density at radius 3 is 2.66 bits per heavy atom. The number of nitrogens with zero attached hydrogens (tertiary/aromatic N) is 3. The molecule has 2 heterocycles. The fourth-order valence-electron chi connectivity index (χ4n) is 3.56. The molecule has 12 heteroatoms. The Hall–Kier alpha value is -4.27. The molecule has 1 saturated heterocycles. The molecule has 1 aliphatic heterocycles.